The molecule has 0 spiro atoms. The number of carbonyl (C=O) groups excluding carboxylic acids is 1. The highest BCUT2D eigenvalue weighted by Crippen LogP contribution is 2.37. The Morgan fingerprint density at radius 1 is 0.980 bits per heavy atom. The maximum Gasteiger partial charge on any atom is 0.355 e. The molecule has 2 unspecified atom stereocenters. The molecule has 0 bridgehead atoms. The van der Waals surface area contributed by atoms with Crippen LogP contribution in [0.1, 0.15) is 89.9 Å². The third-order valence-corrected chi connectivity index (χ3v) is 10.0. The SMILES string of the molecule is C=CC(=O)N1CC(C)N(c2nc(=O)n(-c3c(C(C)C)nc(CN4CCCCC4)nc3C(C)C)c3nc(-c4ccccc4F)c(Cl)cc23)CC1C. The molecule has 0 aliphatic carbocycles. The third kappa shape index (κ3) is 6.77. The molecule has 0 radical (unpaired) electrons. The summed E-state index contributed by atoms with van der Waals surface area (Å²) in [4.78, 5) is 53.3. The summed E-state index contributed by atoms with van der Waals surface area (Å²) in [6.07, 6.45) is 4.86. The highest BCUT2D eigenvalue weighted by atomic mass is 35.5. The molecule has 2 aliphatic heterocycles. The minimum atomic E-state index is -0.553. The van der Waals surface area contributed by atoms with Gasteiger partial charge in [0.1, 0.15) is 17.5 Å². The number of nitrogens with zero attached hydrogens (tertiary/aromatic N) is 8. The van der Waals surface area contributed by atoms with Crippen molar-refractivity contribution in [2.24, 2.45) is 0 Å². The standard InChI is InChI=1S/C38H46ClFN8O2/c1-8-31(49)46-19-25(7)47(20-24(46)6)36-27-18-28(39)34(26-14-10-11-15-29(26)40)43-37(27)48(38(50)44-36)35-32(22(2)3)41-30(42-33(35)23(4)5)21-45-16-12-9-13-17-45/h8,10-11,14-15,18,22-25H,1,9,12-13,16-17,19-21H2,2-7H3. The van der Waals surface area contributed by atoms with Gasteiger partial charge in [0.05, 0.1) is 39.7 Å². The number of halogens is 2. The summed E-state index contributed by atoms with van der Waals surface area (Å²) >= 11 is 6.93. The zero-order chi connectivity index (χ0) is 35.9. The lowest BCUT2D eigenvalue weighted by molar-refractivity contribution is -0.128. The summed E-state index contributed by atoms with van der Waals surface area (Å²) in [7, 11) is 0. The van der Waals surface area contributed by atoms with Crippen LogP contribution in [0.15, 0.2) is 47.8 Å². The molecular formula is C38H46ClFN8O2. The maximum absolute atomic E-state index is 15.3. The molecule has 2 fully saturated rings. The number of fused-ring (bicyclic) bond motifs is 1. The van der Waals surface area contributed by atoms with E-state index in [1.807, 2.05) is 18.7 Å². The molecule has 0 saturated carbocycles. The van der Waals surface area contributed by atoms with Crippen LogP contribution in [0.4, 0.5) is 10.2 Å². The van der Waals surface area contributed by atoms with Crippen molar-refractivity contribution in [2.45, 2.75) is 91.3 Å². The average molecular weight is 701 g/mol. The molecule has 4 aromatic rings. The monoisotopic (exact) mass is 700 g/mol. The number of likely N-dealkylation sites (tertiary alicyclic amines) is 1. The van der Waals surface area contributed by atoms with Crippen LogP contribution in [0.2, 0.25) is 5.02 Å². The number of benzene rings is 1. The largest absolute Gasteiger partial charge is 0.355 e. The fourth-order valence-electron chi connectivity index (χ4n) is 7.18. The normalized spacial score (nSPS) is 18.8. The van der Waals surface area contributed by atoms with Crippen molar-refractivity contribution in [1.29, 1.82) is 0 Å². The number of carbonyl (C=O) groups is 1. The van der Waals surface area contributed by atoms with Gasteiger partial charge in [0, 0.05) is 30.7 Å². The van der Waals surface area contributed by atoms with E-state index in [1.165, 1.54) is 23.1 Å². The van der Waals surface area contributed by atoms with Crippen molar-refractivity contribution in [3.63, 3.8) is 0 Å². The Bertz CT molecular complexity index is 1960. The van der Waals surface area contributed by atoms with E-state index in [0.29, 0.717) is 36.5 Å². The molecule has 12 heteroatoms. The number of piperazine rings is 1. The summed E-state index contributed by atoms with van der Waals surface area (Å²) in [5, 5.41) is 0.748. The molecule has 1 amide bonds. The molecule has 6 rings (SSSR count). The summed E-state index contributed by atoms with van der Waals surface area (Å²) in [5.41, 5.74) is 2.14. The van der Waals surface area contributed by atoms with E-state index in [2.05, 4.69) is 39.2 Å². The van der Waals surface area contributed by atoms with Crippen LogP contribution in [0, 0.1) is 5.82 Å². The number of hydrogen-bond acceptors (Lipinski definition) is 8. The second-order valence-corrected chi connectivity index (χ2v) is 14.6. The van der Waals surface area contributed by atoms with Gasteiger partial charge in [0.2, 0.25) is 5.91 Å². The maximum atomic E-state index is 15.3. The second kappa shape index (κ2) is 14.6. The zero-order valence-electron chi connectivity index (χ0n) is 29.8. The lowest BCUT2D eigenvalue weighted by Gasteiger charge is -2.44. The summed E-state index contributed by atoms with van der Waals surface area (Å²) in [5.74, 6) is 0.362. The van der Waals surface area contributed by atoms with Crippen molar-refractivity contribution in [3.05, 3.63) is 81.5 Å². The lowest BCUT2D eigenvalue weighted by Crippen LogP contribution is -2.58. The van der Waals surface area contributed by atoms with Gasteiger partial charge in [0.15, 0.2) is 5.65 Å². The molecule has 0 N–H and O–H groups in total. The number of anilines is 1. The van der Waals surface area contributed by atoms with E-state index in [9.17, 15) is 9.59 Å². The first-order valence-electron chi connectivity index (χ1n) is 17.6. The summed E-state index contributed by atoms with van der Waals surface area (Å²) < 4.78 is 16.8. The van der Waals surface area contributed by atoms with Crippen LogP contribution in [0.3, 0.4) is 0 Å². The molecule has 2 saturated heterocycles. The Hall–Kier alpha value is -4.22. The van der Waals surface area contributed by atoms with Gasteiger partial charge >= 0.3 is 5.69 Å². The van der Waals surface area contributed by atoms with Gasteiger partial charge in [-0.1, -0.05) is 64.4 Å². The Labute approximate surface area is 298 Å². The van der Waals surface area contributed by atoms with Crippen molar-refractivity contribution < 1.29 is 9.18 Å². The fraction of sp³-hybridized carbons (Fsp3) is 0.474. The van der Waals surface area contributed by atoms with E-state index in [1.54, 1.807) is 29.2 Å². The molecule has 10 nitrogen and oxygen atoms in total. The van der Waals surface area contributed by atoms with E-state index < -0.39 is 11.5 Å². The van der Waals surface area contributed by atoms with Gasteiger partial charge in [-0.15, -0.1) is 0 Å². The van der Waals surface area contributed by atoms with E-state index in [-0.39, 0.29) is 51.8 Å². The second-order valence-electron chi connectivity index (χ2n) is 14.2. The number of piperidine rings is 1. The van der Waals surface area contributed by atoms with Crippen molar-refractivity contribution in [1.82, 2.24) is 34.3 Å². The minimum absolute atomic E-state index is 0.0677. The van der Waals surface area contributed by atoms with Gasteiger partial charge in [-0.25, -0.2) is 28.7 Å². The van der Waals surface area contributed by atoms with Crippen LogP contribution in [-0.2, 0) is 11.3 Å². The fourth-order valence-corrected chi connectivity index (χ4v) is 7.43. The quantitative estimate of drug-likeness (QED) is 0.184. The molecule has 3 aromatic heterocycles. The first kappa shape index (κ1) is 35.6. The number of rotatable bonds is 8. The molecule has 264 valence electrons. The minimum Gasteiger partial charge on any atom is -0.349 e. The summed E-state index contributed by atoms with van der Waals surface area (Å²) in [6, 6.07) is 7.66. The Balaban J connectivity index is 1.62. The first-order chi connectivity index (χ1) is 23.9. The van der Waals surface area contributed by atoms with Crippen molar-refractivity contribution in [3.8, 4) is 16.9 Å². The summed E-state index contributed by atoms with van der Waals surface area (Å²) in [6.45, 7) is 19.3. The molecule has 2 aliphatic rings. The molecular weight excluding hydrogens is 655 g/mol. The number of aromatic nitrogens is 5. The van der Waals surface area contributed by atoms with Crippen molar-refractivity contribution >= 4 is 34.4 Å². The number of hydrogen-bond donors (Lipinski definition) is 0. The Morgan fingerprint density at radius 2 is 1.64 bits per heavy atom. The van der Waals surface area contributed by atoms with Gasteiger partial charge in [-0.2, -0.15) is 4.98 Å². The number of pyridine rings is 1. The zero-order valence-corrected chi connectivity index (χ0v) is 30.5. The third-order valence-electron chi connectivity index (χ3n) is 9.76. The molecule has 1 aromatic carbocycles. The topological polar surface area (TPSA) is 100 Å². The predicted molar refractivity (Wildman–Crippen MR) is 197 cm³/mol. The molecule has 50 heavy (non-hydrogen) atoms. The van der Waals surface area contributed by atoms with Gasteiger partial charge in [-0.3, -0.25) is 9.69 Å². The van der Waals surface area contributed by atoms with Crippen LogP contribution < -0.4 is 10.6 Å². The van der Waals surface area contributed by atoms with Crippen LogP contribution in [0.5, 0.6) is 0 Å². The Kier molecular flexibility index (Phi) is 10.4. The number of amides is 1. The van der Waals surface area contributed by atoms with Crippen LogP contribution in [-0.4, -0.2) is 78.5 Å². The lowest BCUT2D eigenvalue weighted by atomic mass is 10.0. The van der Waals surface area contributed by atoms with Gasteiger partial charge < -0.3 is 9.80 Å². The van der Waals surface area contributed by atoms with Crippen LogP contribution >= 0.6 is 11.6 Å². The Morgan fingerprint density at radius 3 is 2.26 bits per heavy atom. The average Bonchev–Trinajstić information content (AvgIpc) is 3.09. The molecule has 5 heterocycles. The van der Waals surface area contributed by atoms with Crippen molar-refractivity contribution in [2.75, 3.05) is 31.1 Å². The highest BCUT2D eigenvalue weighted by molar-refractivity contribution is 6.33. The molecule has 2 atom stereocenters. The van der Waals surface area contributed by atoms with Crippen LogP contribution in [0.25, 0.3) is 28.0 Å². The smallest absolute Gasteiger partial charge is 0.349 e. The van der Waals surface area contributed by atoms with Gasteiger partial charge in [-0.05, 0) is 75.9 Å². The van der Waals surface area contributed by atoms with E-state index >= 15 is 4.39 Å². The predicted octanol–water partition coefficient (Wildman–Crippen LogP) is 6.87. The van der Waals surface area contributed by atoms with E-state index in [4.69, 9.17) is 31.5 Å². The van der Waals surface area contributed by atoms with Gasteiger partial charge in [0.25, 0.3) is 0 Å². The first-order valence-corrected chi connectivity index (χ1v) is 18.0. The van der Waals surface area contributed by atoms with E-state index in [0.717, 1.165) is 43.1 Å². The highest BCUT2D eigenvalue weighted by Gasteiger charge is 2.34.